The molecule has 0 N–H and O–H groups in total. The summed E-state index contributed by atoms with van der Waals surface area (Å²) in [7, 11) is 0. The lowest BCUT2D eigenvalue weighted by Crippen LogP contribution is -2.33. The van der Waals surface area contributed by atoms with E-state index in [1.165, 1.54) is 12.2 Å². The zero-order chi connectivity index (χ0) is 14.5. The average molecular weight is 338 g/mol. The second-order valence-electron chi connectivity index (χ2n) is 4.09. The molecule has 0 radical (unpaired) electrons. The first-order valence-electron chi connectivity index (χ1n) is 5.97. The van der Waals surface area contributed by atoms with Gasteiger partial charge in [-0.2, -0.15) is 0 Å². The fourth-order valence-corrected chi connectivity index (χ4v) is 2.04. The molecule has 0 aliphatic carbocycles. The molecule has 6 heteroatoms. The highest BCUT2D eigenvalue weighted by atomic mass is 79.9. The minimum Gasteiger partial charge on any atom is -0.492 e. The van der Waals surface area contributed by atoms with E-state index in [-0.39, 0.29) is 36.1 Å². The SMILES string of the molecule is O=C(CBr)c1ccc(OCCN2C(=O)C=CC2=O)cc1. The van der Waals surface area contributed by atoms with Gasteiger partial charge in [0, 0.05) is 17.7 Å². The summed E-state index contributed by atoms with van der Waals surface area (Å²) in [5.74, 6) is -0.0622. The van der Waals surface area contributed by atoms with E-state index in [9.17, 15) is 14.4 Å². The van der Waals surface area contributed by atoms with Crippen molar-refractivity contribution in [3.63, 3.8) is 0 Å². The van der Waals surface area contributed by atoms with Crippen LogP contribution in [0.5, 0.6) is 5.75 Å². The molecule has 2 amide bonds. The van der Waals surface area contributed by atoms with Crippen molar-refractivity contribution in [2.75, 3.05) is 18.5 Å². The van der Waals surface area contributed by atoms with Gasteiger partial charge >= 0.3 is 0 Å². The van der Waals surface area contributed by atoms with Gasteiger partial charge in [0.05, 0.1) is 11.9 Å². The van der Waals surface area contributed by atoms with Gasteiger partial charge in [-0.3, -0.25) is 19.3 Å². The van der Waals surface area contributed by atoms with Crippen LogP contribution in [0.15, 0.2) is 36.4 Å². The van der Waals surface area contributed by atoms with Crippen LogP contribution in [0.4, 0.5) is 0 Å². The van der Waals surface area contributed by atoms with E-state index in [1.807, 2.05) is 0 Å². The fourth-order valence-electron chi connectivity index (χ4n) is 1.72. The minimum absolute atomic E-state index is 0.00381. The van der Waals surface area contributed by atoms with Crippen LogP contribution in [0.2, 0.25) is 0 Å². The van der Waals surface area contributed by atoms with Crippen molar-refractivity contribution in [2.24, 2.45) is 0 Å². The van der Waals surface area contributed by atoms with Gasteiger partial charge < -0.3 is 4.74 Å². The molecule has 1 aromatic rings. The van der Waals surface area contributed by atoms with Crippen LogP contribution >= 0.6 is 15.9 Å². The maximum Gasteiger partial charge on any atom is 0.253 e. The molecule has 0 aromatic heterocycles. The molecule has 0 saturated carbocycles. The Morgan fingerprint density at radius 3 is 2.25 bits per heavy atom. The Morgan fingerprint density at radius 2 is 1.70 bits per heavy atom. The van der Waals surface area contributed by atoms with Crippen LogP contribution in [0, 0.1) is 0 Å². The Morgan fingerprint density at radius 1 is 1.10 bits per heavy atom. The lowest BCUT2D eigenvalue weighted by atomic mass is 10.1. The van der Waals surface area contributed by atoms with E-state index in [2.05, 4.69) is 15.9 Å². The smallest absolute Gasteiger partial charge is 0.253 e. The molecule has 1 aromatic carbocycles. The Labute approximate surface area is 124 Å². The van der Waals surface area contributed by atoms with Gasteiger partial charge in [0.15, 0.2) is 5.78 Å². The van der Waals surface area contributed by atoms with E-state index < -0.39 is 0 Å². The number of amides is 2. The van der Waals surface area contributed by atoms with Crippen molar-refractivity contribution in [2.45, 2.75) is 0 Å². The Balaban J connectivity index is 1.84. The van der Waals surface area contributed by atoms with E-state index in [4.69, 9.17) is 4.74 Å². The quantitative estimate of drug-likeness (QED) is 0.449. The number of nitrogens with zero attached hydrogens (tertiary/aromatic N) is 1. The first kappa shape index (κ1) is 14.5. The van der Waals surface area contributed by atoms with Gasteiger partial charge in [-0.15, -0.1) is 0 Å². The van der Waals surface area contributed by atoms with Gasteiger partial charge in [0.25, 0.3) is 11.8 Å². The normalized spacial score (nSPS) is 13.9. The van der Waals surface area contributed by atoms with Crippen molar-refractivity contribution < 1.29 is 19.1 Å². The lowest BCUT2D eigenvalue weighted by Gasteiger charge is -2.14. The standard InChI is InChI=1S/C14H12BrNO4/c15-9-12(17)10-1-3-11(4-2-10)20-8-7-16-13(18)5-6-14(16)19/h1-6H,7-9H2. The molecule has 5 nitrogen and oxygen atoms in total. The monoisotopic (exact) mass is 337 g/mol. The summed E-state index contributed by atoms with van der Waals surface area (Å²) in [4.78, 5) is 35.1. The van der Waals surface area contributed by atoms with E-state index >= 15 is 0 Å². The summed E-state index contributed by atoms with van der Waals surface area (Å²) in [6.45, 7) is 0.414. The van der Waals surface area contributed by atoms with Crippen LogP contribution < -0.4 is 4.74 Å². The fraction of sp³-hybridized carbons (Fsp3) is 0.214. The zero-order valence-electron chi connectivity index (χ0n) is 10.5. The maximum absolute atomic E-state index is 11.4. The highest BCUT2D eigenvalue weighted by Gasteiger charge is 2.22. The molecule has 0 spiro atoms. The summed E-state index contributed by atoms with van der Waals surface area (Å²) in [6.07, 6.45) is 2.48. The third-order valence-corrected chi connectivity index (χ3v) is 3.29. The number of halogens is 1. The number of ether oxygens (including phenoxy) is 1. The molecular weight excluding hydrogens is 326 g/mol. The van der Waals surface area contributed by atoms with E-state index in [1.54, 1.807) is 24.3 Å². The Kier molecular flexibility index (Phi) is 4.68. The Hall–Kier alpha value is -1.95. The molecule has 0 saturated heterocycles. The highest BCUT2D eigenvalue weighted by molar-refractivity contribution is 9.09. The van der Waals surface area contributed by atoms with Crippen molar-refractivity contribution in [1.29, 1.82) is 0 Å². The van der Waals surface area contributed by atoms with Crippen molar-refractivity contribution in [3.8, 4) is 5.75 Å². The second kappa shape index (κ2) is 6.47. The van der Waals surface area contributed by atoms with E-state index in [0.29, 0.717) is 11.3 Å². The topological polar surface area (TPSA) is 63.7 Å². The number of alkyl halides is 1. The third-order valence-electron chi connectivity index (χ3n) is 2.78. The molecule has 0 atom stereocenters. The molecule has 0 bridgehead atoms. The highest BCUT2D eigenvalue weighted by Crippen LogP contribution is 2.13. The van der Waals surface area contributed by atoms with Gasteiger partial charge in [-0.05, 0) is 24.3 Å². The number of imide groups is 1. The van der Waals surface area contributed by atoms with Gasteiger partial charge in [0.2, 0.25) is 0 Å². The molecule has 1 heterocycles. The molecule has 1 aliphatic rings. The third kappa shape index (κ3) is 3.33. The minimum atomic E-state index is -0.322. The number of rotatable bonds is 6. The van der Waals surface area contributed by atoms with Crippen LogP contribution in [0.3, 0.4) is 0 Å². The number of carbonyl (C=O) groups excluding carboxylic acids is 3. The first-order chi connectivity index (χ1) is 9.61. The van der Waals surface area contributed by atoms with Gasteiger partial charge in [-0.25, -0.2) is 0 Å². The number of hydrogen-bond donors (Lipinski definition) is 0. The molecule has 104 valence electrons. The van der Waals surface area contributed by atoms with Crippen molar-refractivity contribution in [1.82, 2.24) is 4.90 Å². The van der Waals surface area contributed by atoms with Crippen molar-refractivity contribution in [3.05, 3.63) is 42.0 Å². The average Bonchev–Trinajstić information content (AvgIpc) is 2.79. The van der Waals surface area contributed by atoms with E-state index in [0.717, 1.165) is 4.90 Å². The van der Waals surface area contributed by atoms with Crippen LogP contribution in [0.1, 0.15) is 10.4 Å². The number of hydrogen-bond acceptors (Lipinski definition) is 4. The maximum atomic E-state index is 11.4. The first-order valence-corrected chi connectivity index (χ1v) is 7.09. The summed E-state index contributed by atoms with van der Waals surface area (Å²) in [5.41, 5.74) is 0.600. The molecular formula is C14H12BrNO4. The van der Waals surface area contributed by atoms with Crippen LogP contribution in [-0.2, 0) is 9.59 Å². The number of ketones is 1. The molecule has 1 aliphatic heterocycles. The number of benzene rings is 1. The lowest BCUT2D eigenvalue weighted by molar-refractivity contribution is -0.137. The zero-order valence-corrected chi connectivity index (χ0v) is 12.1. The Bertz CT molecular complexity index is 547. The number of Topliss-reactive ketones (excluding diaryl/α,β-unsaturated/α-hetero) is 1. The second-order valence-corrected chi connectivity index (χ2v) is 4.65. The molecule has 20 heavy (non-hydrogen) atoms. The predicted molar refractivity (Wildman–Crippen MR) is 75.9 cm³/mol. The van der Waals surface area contributed by atoms with Crippen LogP contribution in [0.25, 0.3) is 0 Å². The van der Waals surface area contributed by atoms with Crippen LogP contribution in [-0.4, -0.2) is 41.0 Å². The number of carbonyl (C=O) groups is 3. The predicted octanol–water partition coefficient (Wildman–Crippen LogP) is 1.57. The molecule has 2 rings (SSSR count). The molecule has 0 unspecified atom stereocenters. The summed E-state index contributed by atoms with van der Waals surface area (Å²) < 4.78 is 5.44. The largest absolute Gasteiger partial charge is 0.492 e. The summed E-state index contributed by atoms with van der Waals surface area (Å²) in [6, 6.07) is 6.71. The van der Waals surface area contributed by atoms with Gasteiger partial charge in [0.1, 0.15) is 12.4 Å². The van der Waals surface area contributed by atoms with Gasteiger partial charge in [-0.1, -0.05) is 15.9 Å². The molecule has 0 fully saturated rings. The summed E-state index contributed by atoms with van der Waals surface area (Å²) >= 11 is 3.10. The van der Waals surface area contributed by atoms with Crippen molar-refractivity contribution >= 4 is 33.5 Å². The summed E-state index contributed by atoms with van der Waals surface area (Å²) in [5, 5.41) is 0.277.